The Morgan fingerprint density at radius 3 is 1.53 bits per heavy atom. The fourth-order valence-corrected chi connectivity index (χ4v) is 2.18. The van der Waals surface area contributed by atoms with E-state index in [0.717, 1.165) is 14.5 Å². The molecule has 0 spiro atoms. The van der Waals surface area contributed by atoms with E-state index in [0.29, 0.717) is 12.1 Å². The van der Waals surface area contributed by atoms with E-state index in [-0.39, 0.29) is 42.6 Å². The van der Waals surface area contributed by atoms with Gasteiger partial charge >= 0.3 is 64.9 Å². The summed E-state index contributed by atoms with van der Waals surface area (Å²) >= 11 is 21.2. The Labute approximate surface area is 305 Å². The minimum absolute atomic E-state index is 0. The number of carbonyl (C=O) groups is 2. The van der Waals surface area contributed by atoms with Crippen molar-refractivity contribution in [2.45, 2.75) is 62.3 Å². The number of rotatable bonds is 4. The molecule has 0 unspecified atom stereocenters. The second kappa shape index (κ2) is 37.2. The molecule has 0 fully saturated rings. The van der Waals surface area contributed by atoms with Gasteiger partial charge in [0.15, 0.2) is 0 Å². The van der Waals surface area contributed by atoms with E-state index in [1.807, 2.05) is 33.8 Å². The summed E-state index contributed by atoms with van der Waals surface area (Å²) in [6.45, 7) is 13.5. The summed E-state index contributed by atoms with van der Waals surface area (Å²) < 4.78 is 3.05. The summed E-state index contributed by atoms with van der Waals surface area (Å²) in [4.78, 5) is 28.8. The molecule has 2 N–H and O–H groups in total. The molecule has 5 nitrogen and oxygen atoms in total. The van der Waals surface area contributed by atoms with Crippen molar-refractivity contribution in [3.05, 3.63) is 58.9 Å². The number of hydrogen-bond donors (Lipinski definition) is 1. The molecule has 13 heteroatoms. The van der Waals surface area contributed by atoms with Crippen LogP contribution in [0.15, 0.2) is 45.9 Å². The summed E-state index contributed by atoms with van der Waals surface area (Å²) in [7, 11) is 0. The number of aromatic nitrogens is 2. The van der Waals surface area contributed by atoms with Crippen molar-refractivity contribution in [1.82, 2.24) is 9.97 Å². The average Bonchev–Trinajstić information content (AvgIpc) is 2.76. The fraction of sp³-hybridized carbons (Fsp3) is 0.480. The van der Waals surface area contributed by atoms with E-state index < -0.39 is 0 Å². The molecule has 0 saturated heterocycles. The molecule has 0 bridgehead atoms. The summed E-state index contributed by atoms with van der Waals surface area (Å²) in [5, 5.41) is -0.269. The van der Waals surface area contributed by atoms with Crippen LogP contribution in [-0.2, 0) is 20.9 Å². The number of nitrogens with zero attached hydrogens (tertiary/aromatic N) is 2. The van der Waals surface area contributed by atoms with Crippen LogP contribution in [-0.4, -0.2) is 25.4 Å². The summed E-state index contributed by atoms with van der Waals surface area (Å²) in [6.07, 6.45) is 7.21. The number of halogens is 7. The van der Waals surface area contributed by atoms with E-state index in [9.17, 15) is 9.59 Å². The van der Waals surface area contributed by atoms with Crippen LogP contribution >= 0.6 is 126 Å². The molecule has 0 amide bonds. The van der Waals surface area contributed by atoms with Gasteiger partial charge in [-0.2, -0.15) is 0 Å². The van der Waals surface area contributed by atoms with Crippen molar-refractivity contribution in [3.63, 3.8) is 0 Å². The van der Waals surface area contributed by atoms with Gasteiger partial charge in [0.25, 0.3) is 0 Å². The predicted octanol–water partition coefficient (Wildman–Crippen LogP) is 11.7. The Bertz CT molecular complexity index is 806. The van der Waals surface area contributed by atoms with Gasteiger partial charge in [0, 0.05) is 52.0 Å². The maximum atomic E-state index is 11.4. The van der Waals surface area contributed by atoms with E-state index in [2.05, 4.69) is 131 Å². The first-order valence-corrected chi connectivity index (χ1v) is 27.7. The predicted molar refractivity (Wildman–Crippen MR) is 209 cm³/mol. The molecule has 0 aromatic carbocycles. The Morgan fingerprint density at radius 2 is 1.29 bits per heavy atom. The standard InChI is InChI=1S/C10H12BrNO.C5H5BrN2.C4H7ClO.C2H5I.C2H6.CH4.CH3.3HI.V/c1-7(2)10(13)4-8-3-9(11)6-12-5-8;6-4-1-5(7)3-8-2-4;1-3(2)4(5)6;1-2-3;1-2;;;;;;/h3,5-7H,4H2,1-2H3;1-3H,7H2;3H,1-2H3;2H2,1H3;1-2H3;1H4;1H3;3*1H;/q;;;;;;-1;;;;+3/p-3. The van der Waals surface area contributed by atoms with Crippen LogP contribution in [0.3, 0.4) is 0 Å². The zero-order valence-electron chi connectivity index (χ0n) is 22.4. The van der Waals surface area contributed by atoms with E-state index >= 15 is 0 Å². The quantitative estimate of drug-likeness (QED) is 0.143. The molecule has 0 radical (unpaired) electrons. The molecule has 0 saturated carbocycles. The monoisotopic (exact) mass is 1170 g/mol. The third kappa shape index (κ3) is 45.2. The number of carbonyl (C=O) groups excluding carboxylic acids is 2. The number of Topliss-reactive ketones (excluding diaryl/α,β-unsaturated/α-hetero) is 1. The van der Waals surface area contributed by atoms with Crippen LogP contribution in [0.4, 0.5) is 5.69 Å². The van der Waals surface area contributed by atoms with Crippen LogP contribution in [0.5, 0.6) is 0 Å². The van der Waals surface area contributed by atoms with Gasteiger partial charge in [-0.3, -0.25) is 19.6 Å². The van der Waals surface area contributed by atoms with E-state index in [1.54, 1.807) is 44.7 Å². The van der Waals surface area contributed by atoms with Crippen molar-refractivity contribution in [2.24, 2.45) is 11.8 Å². The van der Waals surface area contributed by atoms with Gasteiger partial charge < -0.3 is 13.2 Å². The van der Waals surface area contributed by atoms with Gasteiger partial charge in [0.2, 0.25) is 5.24 Å². The minimum atomic E-state index is -0.278. The number of ketones is 1. The van der Waals surface area contributed by atoms with Gasteiger partial charge in [-0.15, -0.1) is 0 Å². The topological polar surface area (TPSA) is 85.9 Å². The number of nitrogen functional groups attached to an aromatic ring is 1. The van der Waals surface area contributed by atoms with Gasteiger partial charge in [-0.05, 0) is 65.6 Å². The van der Waals surface area contributed by atoms with E-state index in [4.69, 9.17) is 17.3 Å². The first-order valence-electron chi connectivity index (χ1n) is 10.7. The second-order valence-electron chi connectivity index (χ2n) is 6.66. The normalized spacial score (nSPS) is 8.55. The molecule has 2 aromatic rings. The molecular weight excluding hydrogens is 1130 g/mol. The number of nitrogens with two attached hydrogens (primary N) is 1. The fourth-order valence-electron chi connectivity index (χ4n) is 1.39. The first kappa shape index (κ1) is 52.8. The SMILES string of the molecule is C.CC.CC(C)C(=O)Cc1cncc(Br)c1.CC(C)C(=O)Cl.CCI.Nc1cncc(Br)c1.[CH3-].[I][V]([I])[I]. The summed E-state index contributed by atoms with van der Waals surface area (Å²) in [5.41, 5.74) is 7.01. The molecule has 0 aliphatic rings. The number of alkyl halides is 1. The Balaban J connectivity index is -0.0000000893. The van der Waals surface area contributed by atoms with E-state index in [1.165, 1.54) is 4.43 Å². The van der Waals surface area contributed by atoms with Crippen molar-refractivity contribution < 1.29 is 14.5 Å². The molecule has 38 heavy (non-hydrogen) atoms. The zero-order chi connectivity index (χ0) is 29.3. The molecule has 0 atom stereocenters. The third-order valence-electron chi connectivity index (χ3n) is 2.96. The van der Waals surface area contributed by atoms with Crippen molar-refractivity contribution in [1.29, 1.82) is 0 Å². The van der Waals surface area contributed by atoms with Crippen LogP contribution in [0.25, 0.3) is 0 Å². The van der Waals surface area contributed by atoms with Gasteiger partial charge in [-0.1, -0.05) is 78.5 Å². The van der Waals surface area contributed by atoms with Crippen molar-refractivity contribution in [3.8, 4) is 0 Å². The Morgan fingerprint density at radius 1 is 0.947 bits per heavy atom. The summed E-state index contributed by atoms with van der Waals surface area (Å²) in [6, 6.07) is 3.72. The number of anilines is 1. The van der Waals surface area contributed by atoms with Crippen molar-refractivity contribution >= 4 is 143 Å². The van der Waals surface area contributed by atoms with Crippen LogP contribution in [0, 0.1) is 19.3 Å². The molecule has 2 aromatic heterocycles. The maximum absolute atomic E-state index is 11.4. The number of hydrogen-bond acceptors (Lipinski definition) is 5. The third-order valence-corrected chi connectivity index (χ3v) is 4.27. The molecule has 0 aliphatic heterocycles. The molecule has 2 rings (SSSR count). The Hall–Kier alpha value is 2.19. The summed E-state index contributed by atoms with van der Waals surface area (Å²) in [5.74, 6) is 0.325. The molecule has 224 valence electrons. The zero-order valence-corrected chi connectivity index (χ0v) is 36.4. The van der Waals surface area contributed by atoms with Gasteiger partial charge in [0.1, 0.15) is 5.78 Å². The number of pyridine rings is 2. The molecular formula is C25H42Br2ClI4N3O2V-. The Kier molecular flexibility index (Phi) is 51.7. The van der Waals surface area contributed by atoms with Crippen molar-refractivity contribution in [2.75, 3.05) is 10.2 Å². The first-order chi connectivity index (χ1) is 16.7. The van der Waals surface area contributed by atoms with Gasteiger partial charge in [0.05, 0.1) is 5.69 Å². The molecule has 2 heterocycles. The van der Waals surface area contributed by atoms with Crippen LogP contribution in [0.1, 0.15) is 61.5 Å². The second-order valence-corrected chi connectivity index (χ2v) is 45.8. The molecule has 0 aliphatic carbocycles. The van der Waals surface area contributed by atoms with Crippen LogP contribution < -0.4 is 5.73 Å². The van der Waals surface area contributed by atoms with Crippen LogP contribution in [0.2, 0.25) is 0 Å². The average molecular weight is 1170 g/mol. The van der Waals surface area contributed by atoms with Gasteiger partial charge in [-0.25, -0.2) is 0 Å².